The Balaban J connectivity index is 1.44. The summed E-state index contributed by atoms with van der Waals surface area (Å²) >= 11 is 0. The maximum absolute atomic E-state index is 12.5. The first kappa shape index (κ1) is 18.1. The molecule has 2 saturated heterocycles. The van der Waals surface area contributed by atoms with Crippen molar-refractivity contribution < 1.29 is 9.59 Å². The molecule has 0 aliphatic carbocycles. The minimum Gasteiger partial charge on any atom is -0.356 e. The Morgan fingerprint density at radius 3 is 2.69 bits per heavy atom. The molecule has 150 valence electrons. The van der Waals surface area contributed by atoms with Gasteiger partial charge in [-0.25, -0.2) is 9.97 Å². The molecular weight excluding hydrogens is 366 g/mol. The number of piperidine rings is 1. The average molecular weight is 391 g/mol. The number of anilines is 1. The van der Waals surface area contributed by atoms with Crippen LogP contribution in [0.4, 0.5) is 5.82 Å². The Morgan fingerprint density at radius 1 is 1.00 bits per heavy atom. The number of aryl methyl sites for hydroxylation is 2. The second-order valence-corrected chi connectivity index (χ2v) is 8.22. The molecule has 29 heavy (non-hydrogen) atoms. The number of carbonyl (C=O) groups excluding carboxylic acids is 2. The molecule has 7 heteroatoms. The fraction of sp³-hybridized carbons (Fsp3) is 0.455. The standard InChI is InChI=1S/C22H25N5O2/c28-19-10-15-12-27(13-16(15)11-24-19)21-17-8-9-23-22(29)20(17)25-18(26-21)7-6-14-4-2-1-3-5-14/h1-5,15-16H,6-13H2,(H,23,29)(H,24,28)/t15-,16+/m1/s1. The van der Waals surface area contributed by atoms with Gasteiger partial charge in [0.1, 0.15) is 17.3 Å². The van der Waals surface area contributed by atoms with Crippen LogP contribution in [0.15, 0.2) is 30.3 Å². The first-order valence-corrected chi connectivity index (χ1v) is 10.4. The van der Waals surface area contributed by atoms with Gasteiger partial charge in [0.25, 0.3) is 5.91 Å². The van der Waals surface area contributed by atoms with Crippen molar-refractivity contribution in [2.75, 3.05) is 31.1 Å². The Labute approximate surface area is 169 Å². The van der Waals surface area contributed by atoms with Gasteiger partial charge >= 0.3 is 0 Å². The number of aromatic nitrogens is 2. The van der Waals surface area contributed by atoms with Crippen LogP contribution in [-0.2, 0) is 24.1 Å². The van der Waals surface area contributed by atoms with Crippen LogP contribution in [0.25, 0.3) is 0 Å². The summed E-state index contributed by atoms with van der Waals surface area (Å²) in [5.74, 6) is 2.45. The molecular formula is C22H25N5O2. The zero-order chi connectivity index (χ0) is 19.8. The van der Waals surface area contributed by atoms with E-state index in [1.54, 1.807) is 0 Å². The van der Waals surface area contributed by atoms with E-state index in [4.69, 9.17) is 4.98 Å². The molecule has 2 fully saturated rings. The first-order chi connectivity index (χ1) is 14.2. The third-order valence-corrected chi connectivity index (χ3v) is 6.27. The van der Waals surface area contributed by atoms with Gasteiger partial charge in [0, 0.05) is 44.6 Å². The third kappa shape index (κ3) is 3.57. The summed E-state index contributed by atoms with van der Waals surface area (Å²) < 4.78 is 0. The van der Waals surface area contributed by atoms with Gasteiger partial charge in [-0.15, -0.1) is 0 Å². The molecule has 2 aromatic rings. The molecule has 0 spiro atoms. The van der Waals surface area contributed by atoms with Gasteiger partial charge < -0.3 is 15.5 Å². The van der Waals surface area contributed by atoms with Crippen LogP contribution < -0.4 is 15.5 Å². The molecule has 4 heterocycles. The maximum Gasteiger partial charge on any atom is 0.270 e. The second-order valence-electron chi connectivity index (χ2n) is 8.22. The number of rotatable bonds is 4. The van der Waals surface area contributed by atoms with Gasteiger partial charge in [0.2, 0.25) is 5.91 Å². The van der Waals surface area contributed by atoms with Crippen LogP contribution >= 0.6 is 0 Å². The molecule has 3 aliphatic heterocycles. The number of hydrogen-bond donors (Lipinski definition) is 2. The number of amides is 2. The van der Waals surface area contributed by atoms with E-state index < -0.39 is 0 Å². The van der Waals surface area contributed by atoms with E-state index >= 15 is 0 Å². The van der Waals surface area contributed by atoms with E-state index in [0.29, 0.717) is 42.7 Å². The van der Waals surface area contributed by atoms with E-state index in [2.05, 4.69) is 32.7 Å². The maximum atomic E-state index is 12.5. The summed E-state index contributed by atoms with van der Waals surface area (Å²) in [5, 5.41) is 5.89. The molecule has 0 bridgehead atoms. The van der Waals surface area contributed by atoms with Crippen molar-refractivity contribution in [3.8, 4) is 0 Å². The van der Waals surface area contributed by atoms with Crippen molar-refractivity contribution in [3.05, 3.63) is 53.0 Å². The van der Waals surface area contributed by atoms with Gasteiger partial charge in [0.05, 0.1) is 0 Å². The highest BCUT2D eigenvalue weighted by molar-refractivity contribution is 5.96. The van der Waals surface area contributed by atoms with E-state index in [0.717, 1.165) is 43.9 Å². The topological polar surface area (TPSA) is 87.2 Å². The summed E-state index contributed by atoms with van der Waals surface area (Å²) in [7, 11) is 0. The molecule has 0 saturated carbocycles. The molecule has 0 radical (unpaired) electrons. The predicted molar refractivity (Wildman–Crippen MR) is 109 cm³/mol. The fourth-order valence-electron chi connectivity index (χ4n) is 4.72. The molecule has 1 aromatic heterocycles. The van der Waals surface area contributed by atoms with Gasteiger partial charge in [-0.1, -0.05) is 30.3 Å². The normalized spacial score (nSPS) is 23.2. The van der Waals surface area contributed by atoms with E-state index in [1.807, 2.05) is 18.2 Å². The van der Waals surface area contributed by atoms with Gasteiger partial charge in [-0.05, 0) is 30.2 Å². The smallest absolute Gasteiger partial charge is 0.270 e. The largest absolute Gasteiger partial charge is 0.356 e. The SMILES string of the molecule is O=C1C[C@@H]2CN(c3nc(CCc4ccccc4)nc4c3CCNC4=O)C[C@@H]2CN1. The summed E-state index contributed by atoms with van der Waals surface area (Å²) in [6.45, 7) is 3.04. The predicted octanol–water partition coefficient (Wildman–Crippen LogP) is 1.12. The van der Waals surface area contributed by atoms with E-state index in [9.17, 15) is 9.59 Å². The Bertz CT molecular complexity index is 946. The minimum atomic E-state index is -0.107. The highest BCUT2D eigenvalue weighted by Crippen LogP contribution is 2.34. The minimum absolute atomic E-state index is 0.107. The summed E-state index contributed by atoms with van der Waals surface area (Å²) in [4.78, 5) is 36.1. The van der Waals surface area contributed by atoms with Crippen LogP contribution in [0.1, 0.15) is 33.9 Å². The molecule has 0 unspecified atom stereocenters. The average Bonchev–Trinajstić information content (AvgIpc) is 3.16. The lowest BCUT2D eigenvalue weighted by atomic mass is 9.89. The number of carbonyl (C=O) groups is 2. The van der Waals surface area contributed by atoms with Gasteiger partial charge in [-0.2, -0.15) is 0 Å². The van der Waals surface area contributed by atoms with Crippen LogP contribution in [0.2, 0.25) is 0 Å². The van der Waals surface area contributed by atoms with E-state index in [1.165, 1.54) is 5.56 Å². The van der Waals surface area contributed by atoms with Crippen LogP contribution in [0.5, 0.6) is 0 Å². The molecule has 2 amide bonds. The highest BCUT2D eigenvalue weighted by Gasteiger charge is 2.39. The highest BCUT2D eigenvalue weighted by atomic mass is 16.2. The molecule has 3 aliphatic rings. The lowest BCUT2D eigenvalue weighted by Crippen LogP contribution is -2.40. The first-order valence-electron chi connectivity index (χ1n) is 10.4. The fourth-order valence-corrected chi connectivity index (χ4v) is 4.72. The number of fused-ring (bicyclic) bond motifs is 2. The molecule has 7 nitrogen and oxygen atoms in total. The lowest BCUT2D eigenvalue weighted by molar-refractivity contribution is -0.124. The van der Waals surface area contributed by atoms with Crippen molar-refractivity contribution in [1.82, 2.24) is 20.6 Å². The summed E-state index contributed by atoms with van der Waals surface area (Å²) in [6, 6.07) is 10.3. The van der Waals surface area contributed by atoms with Crippen molar-refractivity contribution in [2.45, 2.75) is 25.7 Å². The number of benzene rings is 1. The number of nitrogens with one attached hydrogen (secondary N) is 2. The monoisotopic (exact) mass is 391 g/mol. The zero-order valence-electron chi connectivity index (χ0n) is 16.4. The Kier molecular flexibility index (Phi) is 4.66. The van der Waals surface area contributed by atoms with Crippen molar-refractivity contribution in [3.63, 3.8) is 0 Å². The quantitative estimate of drug-likeness (QED) is 0.816. The van der Waals surface area contributed by atoms with E-state index in [-0.39, 0.29) is 11.8 Å². The summed E-state index contributed by atoms with van der Waals surface area (Å²) in [6.07, 6.45) is 2.86. The van der Waals surface area contributed by atoms with Crippen LogP contribution in [0.3, 0.4) is 0 Å². The molecule has 2 atom stereocenters. The van der Waals surface area contributed by atoms with Crippen LogP contribution in [-0.4, -0.2) is 48.0 Å². The summed E-state index contributed by atoms with van der Waals surface area (Å²) in [5.41, 5.74) is 2.71. The molecule has 5 rings (SSSR count). The Morgan fingerprint density at radius 2 is 1.83 bits per heavy atom. The molecule has 2 N–H and O–H groups in total. The van der Waals surface area contributed by atoms with Crippen molar-refractivity contribution in [1.29, 1.82) is 0 Å². The number of hydrogen-bond acceptors (Lipinski definition) is 5. The van der Waals surface area contributed by atoms with Crippen molar-refractivity contribution in [2.24, 2.45) is 11.8 Å². The van der Waals surface area contributed by atoms with Gasteiger partial charge in [-0.3, -0.25) is 9.59 Å². The lowest BCUT2D eigenvalue weighted by Gasteiger charge is -2.25. The second kappa shape index (κ2) is 7.46. The van der Waals surface area contributed by atoms with Crippen molar-refractivity contribution >= 4 is 17.6 Å². The third-order valence-electron chi connectivity index (χ3n) is 6.27. The Hall–Kier alpha value is -2.96. The number of nitrogens with zero attached hydrogens (tertiary/aromatic N) is 3. The van der Waals surface area contributed by atoms with Crippen LogP contribution in [0, 0.1) is 11.8 Å². The zero-order valence-corrected chi connectivity index (χ0v) is 16.4. The molecule has 1 aromatic carbocycles. The van der Waals surface area contributed by atoms with Gasteiger partial charge in [0.15, 0.2) is 0 Å².